The van der Waals surface area contributed by atoms with Gasteiger partial charge in [-0.1, -0.05) is 24.6 Å². The number of anilines is 2. The fourth-order valence-corrected chi connectivity index (χ4v) is 3.43. The fourth-order valence-electron chi connectivity index (χ4n) is 3.24. The molecule has 0 saturated carbocycles. The van der Waals surface area contributed by atoms with E-state index in [-0.39, 0.29) is 23.9 Å². The number of hydrogen-bond acceptors (Lipinski definition) is 4. The number of halogens is 1. The molecule has 1 aliphatic rings. The summed E-state index contributed by atoms with van der Waals surface area (Å²) in [6.07, 6.45) is 0.759. The molecule has 7 nitrogen and oxygen atoms in total. The Morgan fingerprint density at radius 2 is 1.88 bits per heavy atom. The third kappa shape index (κ3) is 5.22. The van der Waals surface area contributed by atoms with Crippen LogP contribution in [-0.4, -0.2) is 35.4 Å². The van der Waals surface area contributed by atoms with Crippen LogP contribution in [0, 0.1) is 0 Å². The van der Waals surface area contributed by atoms with Crippen LogP contribution >= 0.6 is 11.6 Å². The second kappa shape index (κ2) is 8.82. The van der Waals surface area contributed by atoms with Crippen molar-refractivity contribution in [1.29, 1.82) is 0 Å². The molecule has 2 aromatic carbocycles. The van der Waals surface area contributed by atoms with Crippen molar-refractivity contribution < 1.29 is 19.1 Å². The Labute approximate surface area is 193 Å². The quantitative estimate of drug-likeness (QED) is 0.672. The number of fused-ring (bicyclic) bond motifs is 1. The van der Waals surface area contributed by atoms with Gasteiger partial charge in [-0.05, 0) is 70.5 Å². The van der Waals surface area contributed by atoms with Crippen molar-refractivity contribution in [2.75, 3.05) is 16.8 Å². The standard InChI is InChI=1S/C24H28ClN3O4/c1-6-23(2,3)27-21(30)15-10-11-19-18(12-15)28(22(31)24(4,5)32-19)14-20(29)26-17-9-7-8-16(25)13-17/h7-13H,6,14H2,1-5H3,(H,26,29)(H,27,30). The zero-order valence-electron chi connectivity index (χ0n) is 18.9. The Morgan fingerprint density at radius 3 is 2.53 bits per heavy atom. The smallest absolute Gasteiger partial charge is 0.271 e. The minimum Gasteiger partial charge on any atom is -0.476 e. The Bertz CT molecular complexity index is 1060. The second-order valence-electron chi connectivity index (χ2n) is 8.94. The van der Waals surface area contributed by atoms with Crippen LogP contribution < -0.4 is 20.3 Å². The summed E-state index contributed by atoms with van der Waals surface area (Å²) < 4.78 is 5.86. The third-order valence-corrected chi connectivity index (χ3v) is 5.62. The molecule has 1 heterocycles. The van der Waals surface area contributed by atoms with Crippen LogP contribution in [-0.2, 0) is 9.59 Å². The van der Waals surface area contributed by atoms with Crippen molar-refractivity contribution >= 4 is 40.7 Å². The van der Waals surface area contributed by atoms with Gasteiger partial charge in [-0.2, -0.15) is 0 Å². The normalized spacial score (nSPS) is 14.9. The van der Waals surface area contributed by atoms with Crippen LogP contribution in [0.5, 0.6) is 5.75 Å². The number of amides is 3. The highest BCUT2D eigenvalue weighted by Gasteiger charge is 2.42. The first-order valence-corrected chi connectivity index (χ1v) is 10.8. The van der Waals surface area contributed by atoms with Crippen molar-refractivity contribution in [1.82, 2.24) is 5.32 Å². The lowest BCUT2D eigenvalue weighted by atomic mass is 10.00. The first-order valence-electron chi connectivity index (χ1n) is 10.4. The van der Waals surface area contributed by atoms with Crippen molar-refractivity contribution in [3.63, 3.8) is 0 Å². The molecule has 0 aliphatic carbocycles. The summed E-state index contributed by atoms with van der Waals surface area (Å²) in [5.74, 6) is -0.611. The largest absolute Gasteiger partial charge is 0.476 e. The van der Waals surface area contributed by atoms with Gasteiger partial charge >= 0.3 is 0 Å². The van der Waals surface area contributed by atoms with Crippen molar-refractivity contribution in [2.24, 2.45) is 0 Å². The predicted molar refractivity (Wildman–Crippen MR) is 125 cm³/mol. The molecule has 0 fully saturated rings. The van der Waals surface area contributed by atoms with E-state index < -0.39 is 11.5 Å². The van der Waals surface area contributed by atoms with Crippen LogP contribution in [0.3, 0.4) is 0 Å². The third-order valence-electron chi connectivity index (χ3n) is 5.38. The van der Waals surface area contributed by atoms with Crippen LogP contribution in [0.25, 0.3) is 0 Å². The van der Waals surface area contributed by atoms with Gasteiger partial charge in [0, 0.05) is 21.8 Å². The number of carbonyl (C=O) groups is 3. The Kier molecular flexibility index (Phi) is 6.51. The number of ether oxygens (including phenoxy) is 1. The summed E-state index contributed by atoms with van der Waals surface area (Å²) in [5, 5.41) is 6.21. The summed E-state index contributed by atoms with van der Waals surface area (Å²) in [6.45, 7) is 8.91. The van der Waals surface area contributed by atoms with Crippen molar-refractivity contribution in [3.05, 3.63) is 53.1 Å². The van der Waals surface area contributed by atoms with Gasteiger partial charge in [-0.25, -0.2) is 0 Å². The Morgan fingerprint density at radius 1 is 1.16 bits per heavy atom. The molecule has 2 aromatic rings. The van der Waals surface area contributed by atoms with E-state index in [1.807, 2.05) is 20.8 Å². The molecule has 0 radical (unpaired) electrons. The molecular formula is C24H28ClN3O4. The van der Waals surface area contributed by atoms with E-state index in [9.17, 15) is 14.4 Å². The first-order chi connectivity index (χ1) is 14.9. The SMILES string of the molecule is CCC(C)(C)NC(=O)c1ccc2c(c1)N(CC(=O)Nc1cccc(Cl)c1)C(=O)C(C)(C)O2. The van der Waals surface area contributed by atoms with Gasteiger partial charge in [0.25, 0.3) is 11.8 Å². The Hall–Kier alpha value is -3.06. The highest BCUT2D eigenvalue weighted by molar-refractivity contribution is 6.30. The van der Waals surface area contributed by atoms with Gasteiger partial charge in [-0.3, -0.25) is 19.3 Å². The highest BCUT2D eigenvalue weighted by atomic mass is 35.5. The Balaban J connectivity index is 1.89. The number of carbonyl (C=O) groups excluding carboxylic acids is 3. The van der Waals surface area contributed by atoms with E-state index in [1.165, 1.54) is 4.90 Å². The van der Waals surface area contributed by atoms with Crippen LogP contribution in [0.15, 0.2) is 42.5 Å². The lowest BCUT2D eigenvalue weighted by molar-refractivity contribution is -0.133. The topological polar surface area (TPSA) is 87.7 Å². The van der Waals surface area contributed by atoms with E-state index in [1.54, 1.807) is 56.3 Å². The second-order valence-corrected chi connectivity index (χ2v) is 9.37. The summed E-state index contributed by atoms with van der Waals surface area (Å²) in [6, 6.07) is 11.6. The maximum absolute atomic E-state index is 13.1. The van der Waals surface area contributed by atoms with Gasteiger partial charge in [0.2, 0.25) is 5.91 Å². The molecule has 0 bridgehead atoms. The van der Waals surface area contributed by atoms with E-state index >= 15 is 0 Å². The summed E-state index contributed by atoms with van der Waals surface area (Å²) in [7, 11) is 0. The lowest BCUT2D eigenvalue weighted by Gasteiger charge is -2.38. The predicted octanol–water partition coefficient (Wildman–Crippen LogP) is 4.40. The van der Waals surface area contributed by atoms with Crippen LogP contribution in [0.4, 0.5) is 11.4 Å². The fraction of sp³-hybridized carbons (Fsp3) is 0.375. The molecule has 2 N–H and O–H groups in total. The van der Waals surface area contributed by atoms with Gasteiger partial charge < -0.3 is 15.4 Å². The lowest BCUT2D eigenvalue weighted by Crippen LogP contribution is -2.54. The molecule has 1 aliphatic heterocycles. The number of nitrogens with zero attached hydrogens (tertiary/aromatic N) is 1. The van der Waals surface area contributed by atoms with Gasteiger partial charge in [0.15, 0.2) is 5.60 Å². The molecule has 8 heteroatoms. The number of nitrogens with one attached hydrogen (secondary N) is 2. The molecule has 32 heavy (non-hydrogen) atoms. The molecule has 0 atom stereocenters. The van der Waals surface area contributed by atoms with Gasteiger partial charge in [-0.15, -0.1) is 0 Å². The molecule has 3 rings (SSSR count). The van der Waals surface area contributed by atoms with Gasteiger partial charge in [0.1, 0.15) is 12.3 Å². The number of rotatable bonds is 6. The van der Waals surface area contributed by atoms with Crippen LogP contribution in [0.1, 0.15) is 51.4 Å². The minimum atomic E-state index is -1.16. The summed E-state index contributed by atoms with van der Waals surface area (Å²) >= 11 is 5.98. The van der Waals surface area contributed by atoms with E-state index in [0.717, 1.165) is 6.42 Å². The number of benzene rings is 2. The molecular weight excluding hydrogens is 430 g/mol. The van der Waals surface area contributed by atoms with Gasteiger partial charge in [0.05, 0.1) is 5.69 Å². The van der Waals surface area contributed by atoms with Crippen molar-refractivity contribution in [3.8, 4) is 5.75 Å². The molecule has 0 unspecified atom stereocenters. The highest BCUT2D eigenvalue weighted by Crippen LogP contribution is 2.38. The number of hydrogen-bond donors (Lipinski definition) is 2. The monoisotopic (exact) mass is 457 g/mol. The average molecular weight is 458 g/mol. The zero-order valence-corrected chi connectivity index (χ0v) is 19.7. The molecule has 0 aromatic heterocycles. The minimum absolute atomic E-state index is 0.239. The first kappa shape index (κ1) is 23.6. The molecule has 0 saturated heterocycles. The zero-order chi connectivity index (χ0) is 23.7. The van der Waals surface area contributed by atoms with Crippen LogP contribution in [0.2, 0.25) is 5.02 Å². The summed E-state index contributed by atoms with van der Waals surface area (Å²) in [5.41, 5.74) is -0.258. The molecule has 170 valence electrons. The maximum Gasteiger partial charge on any atom is 0.271 e. The van der Waals surface area contributed by atoms with E-state index in [0.29, 0.717) is 27.7 Å². The summed E-state index contributed by atoms with van der Waals surface area (Å²) in [4.78, 5) is 40.0. The maximum atomic E-state index is 13.1. The molecule has 0 spiro atoms. The molecule has 3 amide bonds. The average Bonchev–Trinajstić information content (AvgIpc) is 2.70. The van der Waals surface area contributed by atoms with E-state index in [4.69, 9.17) is 16.3 Å². The van der Waals surface area contributed by atoms with E-state index in [2.05, 4.69) is 10.6 Å². The van der Waals surface area contributed by atoms with Crippen molar-refractivity contribution in [2.45, 2.75) is 52.2 Å².